The molecule has 6 nitrogen and oxygen atoms in total. The van der Waals surface area contributed by atoms with Crippen molar-refractivity contribution in [1.29, 1.82) is 0 Å². The van der Waals surface area contributed by atoms with E-state index >= 15 is 0 Å². The summed E-state index contributed by atoms with van der Waals surface area (Å²) < 4.78 is 102. The zero-order valence-corrected chi connectivity index (χ0v) is 21.5. The summed E-state index contributed by atoms with van der Waals surface area (Å²) in [5.74, 6) is -0.216. The number of thiazole rings is 1. The van der Waals surface area contributed by atoms with Crippen molar-refractivity contribution < 1.29 is 19.5 Å². The van der Waals surface area contributed by atoms with Gasteiger partial charge in [-0.3, -0.25) is 4.57 Å². The lowest BCUT2D eigenvalue weighted by molar-refractivity contribution is 0.669. The van der Waals surface area contributed by atoms with Crippen molar-refractivity contribution in [3.63, 3.8) is 0 Å². The molecule has 0 radical (unpaired) electrons. The second-order valence-corrected chi connectivity index (χ2v) is 10.1. The van der Waals surface area contributed by atoms with Gasteiger partial charge in [0.05, 0.1) is 36.3 Å². The molecule has 0 saturated carbocycles. The molecule has 9 aromatic rings. The van der Waals surface area contributed by atoms with Crippen molar-refractivity contribution in [2.75, 3.05) is 0 Å². The van der Waals surface area contributed by atoms with Gasteiger partial charge in [-0.05, 0) is 42.3 Å². The lowest BCUT2D eigenvalue weighted by Gasteiger charge is -2.09. The van der Waals surface area contributed by atoms with Gasteiger partial charge in [0.25, 0.3) is 0 Å². The molecule has 0 spiro atoms. The third kappa shape index (κ3) is 3.43. The molecule has 0 aliphatic heterocycles. The van der Waals surface area contributed by atoms with E-state index in [2.05, 4.69) is 9.97 Å². The van der Waals surface area contributed by atoms with E-state index in [0.717, 1.165) is 33.1 Å². The first-order chi connectivity index (χ1) is 24.9. The smallest absolute Gasteiger partial charge is 0.238 e. The Morgan fingerprint density at radius 2 is 1.34 bits per heavy atom. The lowest BCUT2D eigenvalue weighted by Crippen LogP contribution is -2.06. The summed E-state index contributed by atoms with van der Waals surface area (Å²) in [6.07, 6.45) is 0. The van der Waals surface area contributed by atoms with Gasteiger partial charge in [-0.2, -0.15) is 9.97 Å². The number of aromatic nitrogens is 5. The Balaban J connectivity index is 1.40. The van der Waals surface area contributed by atoms with E-state index in [-0.39, 0.29) is 72.4 Å². The maximum Gasteiger partial charge on any atom is 0.238 e. The molecule has 0 atom stereocenters. The average Bonchev–Trinajstić information content (AvgIpc) is 3.87. The number of nitrogens with zero attached hydrogens (tertiary/aromatic N) is 5. The van der Waals surface area contributed by atoms with Gasteiger partial charge in [0.2, 0.25) is 5.95 Å². The summed E-state index contributed by atoms with van der Waals surface area (Å²) in [5, 5.41) is 1.67. The molecule has 0 fully saturated rings. The monoisotopic (exact) mass is 556 g/mol. The van der Waals surface area contributed by atoms with Crippen molar-refractivity contribution in [3.05, 3.63) is 115 Å². The van der Waals surface area contributed by atoms with Gasteiger partial charge in [0, 0.05) is 27.1 Å². The molecule has 0 aliphatic carbocycles. The number of benzene rings is 5. The molecule has 41 heavy (non-hydrogen) atoms. The maximum atomic E-state index is 9.24. The van der Waals surface area contributed by atoms with E-state index in [1.807, 2.05) is 48.5 Å². The fraction of sp³-hybridized carbons (Fsp3) is 0. The van der Waals surface area contributed by atoms with E-state index in [1.165, 1.54) is 0 Å². The number of hydrogen-bond acceptors (Lipinski definition) is 6. The fourth-order valence-corrected chi connectivity index (χ4v) is 5.79. The second-order valence-electron chi connectivity index (χ2n) is 9.11. The van der Waals surface area contributed by atoms with E-state index in [9.17, 15) is 1.37 Å². The van der Waals surface area contributed by atoms with Crippen molar-refractivity contribution in [3.8, 4) is 28.2 Å². The van der Waals surface area contributed by atoms with Crippen LogP contribution in [0.15, 0.2) is 119 Å². The molecular weight excluding hydrogens is 526 g/mol. The van der Waals surface area contributed by atoms with Gasteiger partial charge in [-0.1, -0.05) is 72.7 Å². The van der Waals surface area contributed by atoms with E-state index in [0.29, 0.717) is 0 Å². The number of hydrogen-bond donors (Lipinski definition) is 0. The Morgan fingerprint density at radius 1 is 0.634 bits per heavy atom. The number of furan rings is 1. The summed E-state index contributed by atoms with van der Waals surface area (Å²) in [7, 11) is 0. The number of fused-ring (bicyclic) bond motifs is 7. The summed E-state index contributed by atoms with van der Waals surface area (Å²) in [4.78, 5) is 18.7. The first kappa shape index (κ1) is 14.3. The molecule has 5 aromatic carbocycles. The molecule has 4 heterocycles. The third-order valence-electron chi connectivity index (χ3n) is 6.75. The first-order valence-electron chi connectivity index (χ1n) is 17.9. The molecule has 0 N–H and O–H groups in total. The maximum absolute atomic E-state index is 9.24. The third-order valence-corrected chi connectivity index (χ3v) is 7.72. The zero-order valence-electron chi connectivity index (χ0n) is 31.7. The van der Waals surface area contributed by atoms with Gasteiger partial charge in [0.1, 0.15) is 11.2 Å². The van der Waals surface area contributed by atoms with Gasteiger partial charge in [0.15, 0.2) is 16.7 Å². The minimum absolute atomic E-state index is 0.0193. The van der Waals surface area contributed by atoms with Gasteiger partial charge in [-0.25, -0.2) is 9.97 Å². The fourth-order valence-electron chi connectivity index (χ4n) is 4.98. The van der Waals surface area contributed by atoms with Crippen LogP contribution in [0.2, 0.25) is 0 Å². The van der Waals surface area contributed by atoms with Crippen LogP contribution in [0, 0.1) is 0 Å². The highest BCUT2D eigenvalue weighted by Gasteiger charge is 2.19. The topological polar surface area (TPSA) is 69.6 Å². The average molecular weight is 557 g/mol. The molecule has 192 valence electrons. The highest BCUT2D eigenvalue weighted by atomic mass is 32.1. The summed E-state index contributed by atoms with van der Waals surface area (Å²) in [6, 6.07) is 10.3. The van der Waals surface area contributed by atoms with Crippen LogP contribution in [0.3, 0.4) is 0 Å². The Labute approximate surface area is 252 Å². The normalized spacial score (nSPS) is 15.7. The van der Waals surface area contributed by atoms with Crippen LogP contribution in [0.4, 0.5) is 0 Å². The van der Waals surface area contributed by atoms with Crippen LogP contribution in [0.25, 0.3) is 82.1 Å². The van der Waals surface area contributed by atoms with E-state index < -0.39 is 54.4 Å². The SMILES string of the molecule is [2H]c1c([2H])c([2H])c2sc(-c3nc(-c4c([2H])c([2H])c5c(oc6c([2H])c([2H])c([2H])c([2H])c65)c4[2H])nc(-n4c5ccccc5c5ccccc54)n3)nc2c1[2H]. The Hall–Kier alpha value is -5.40. The quantitative estimate of drug-likeness (QED) is 0.217. The standard InChI is InChI=1S/C34H19N5OS/c1-5-13-26-21(9-1)22-10-2-6-14-27(22)39(26)34-37-31(36-32(38-34)33-35-25-12-4-8-16-30(25)41-33)20-17-18-24-23-11-3-7-15-28(23)40-29(24)19-20/h1-19H/i3D,4D,7D,8D,11D,12D,15D,16D,17D,18D,19D. The predicted octanol–water partition coefficient (Wildman–Crippen LogP) is 8.81. The molecule has 0 aliphatic rings. The second kappa shape index (κ2) is 8.55. The molecule has 9 rings (SSSR count). The van der Waals surface area contributed by atoms with Crippen molar-refractivity contribution in [1.82, 2.24) is 24.5 Å². The van der Waals surface area contributed by atoms with Crippen molar-refractivity contribution in [2.45, 2.75) is 0 Å². The molecule has 0 unspecified atom stereocenters. The Morgan fingerprint density at radius 3 is 2.20 bits per heavy atom. The van der Waals surface area contributed by atoms with Gasteiger partial charge in [-0.15, -0.1) is 11.3 Å². The molecule has 7 heteroatoms. The minimum atomic E-state index is -0.545. The summed E-state index contributed by atoms with van der Waals surface area (Å²) in [6.45, 7) is 0. The van der Waals surface area contributed by atoms with Gasteiger partial charge < -0.3 is 4.42 Å². The van der Waals surface area contributed by atoms with Crippen LogP contribution < -0.4 is 0 Å². The molecule has 4 aromatic heterocycles. The van der Waals surface area contributed by atoms with Crippen LogP contribution >= 0.6 is 11.3 Å². The van der Waals surface area contributed by atoms with Crippen LogP contribution in [0.5, 0.6) is 0 Å². The number of para-hydroxylation sites is 4. The summed E-state index contributed by atoms with van der Waals surface area (Å²) in [5.41, 5.74) is 0.738. The molecule has 0 saturated heterocycles. The van der Waals surface area contributed by atoms with E-state index in [1.54, 1.807) is 4.57 Å². The zero-order chi connectivity index (χ0) is 36.5. The van der Waals surface area contributed by atoms with Crippen LogP contribution in [-0.2, 0) is 0 Å². The molecule has 0 bridgehead atoms. The van der Waals surface area contributed by atoms with Gasteiger partial charge >= 0.3 is 0 Å². The van der Waals surface area contributed by atoms with Crippen LogP contribution in [0.1, 0.15) is 15.1 Å². The Bertz CT molecular complexity index is 2970. The molecular formula is C34H19N5OS. The van der Waals surface area contributed by atoms with E-state index in [4.69, 9.17) is 28.1 Å². The first-order valence-corrected chi connectivity index (χ1v) is 13.2. The highest BCUT2D eigenvalue weighted by molar-refractivity contribution is 7.21. The van der Waals surface area contributed by atoms with Crippen molar-refractivity contribution >= 4 is 65.3 Å². The highest BCUT2D eigenvalue weighted by Crippen LogP contribution is 2.35. The largest absolute Gasteiger partial charge is 0.456 e. The predicted molar refractivity (Wildman–Crippen MR) is 165 cm³/mol. The number of rotatable bonds is 3. The van der Waals surface area contributed by atoms with Crippen LogP contribution in [-0.4, -0.2) is 24.5 Å². The molecule has 0 amide bonds. The minimum Gasteiger partial charge on any atom is -0.456 e. The Kier molecular flexibility index (Phi) is 2.98. The summed E-state index contributed by atoms with van der Waals surface area (Å²) >= 11 is 0.944. The lowest BCUT2D eigenvalue weighted by atomic mass is 10.1. The van der Waals surface area contributed by atoms with Crippen molar-refractivity contribution in [2.24, 2.45) is 0 Å².